The zero-order valence-electron chi connectivity index (χ0n) is 13.1. The van der Waals surface area contributed by atoms with Crippen molar-refractivity contribution in [1.29, 1.82) is 0 Å². The SMILES string of the molecule is C[C@H](NC(=O)[C@H](Cc1ccccc1)C(=O)NO)C(=O)NCC(N)=O. The van der Waals surface area contributed by atoms with Crippen LogP contribution < -0.4 is 21.8 Å². The summed E-state index contributed by atoms with van der Waals surface area (Å²) >= 11 is 0. The molecule has 0 saturated carbocycles. The van der Waals surface area contributed by atoms with Crippen LogP contribution in [-0.4, -0.2) is 41.4 Å². The second-order valence-electron chi connectivity index (χ2n) is 5.13. The first-order chi connectivity index (χ1) is 11.3. The minimum absolute atomic E-state index is 0.0503. The first-order valence-corrected chi connectivity index (χ1v) is 7.19. The van der Waals surface area contributed by atoms with Gasteiger partial charge in [0.1, 0.15) is 12.0 Å². The fourth-order valence-electron chi connectivity index (χ4n) is 1.94. The zero-order valence-corrected chi connectivity index (χ0v) is 13.1. The Labute approximate surface area is 138 Å². The summed E-state index contributed by atoms with van der Waals surface area (Å²) in [5, 5.41) is 13.4. The Morgan fingerprint density at radius 3 is 2.25 bits per heavy atom. The predicted octanol–water partition coefficient (Wildman–Crippen LogP) is -1.54. The summed E-state index contributed by atoms with van der Waals surface area (Å²) in [6.07, 6.45) is 0.0503. The molecule has 130 valence electrons. The molecule has 0 aromatic heterocycles. The molecule has 24 heavy (non-hydrogen) atoms. The van der Waals surface area contributed by atoms with Gasteiger partial charge in [0.05, 0.1) is 6.54 Å². The first kappa shape index (κ1) is 19.1. The van der Waals surface area contributed by atoms with Crippen LogP contribution in [0.4, 0.5) is 0 Å². The summed E-state index contributed by atoms with van der Waals surface area (Å²) in [6.45, 7) is 1.04. The number of carbonyl (C=O) groups excluding carboxylic acids is 4. The van der Waals surface area contributed by atoms with Gasteiger partial charge in [0, 0.05) is 0 Å². The molecule has 0 unspecified atom stereocenters. The molecule has 0 fully saturated rings. The molecule has 1 rings (SSSR count). The van der Waals surface area contributed by atoms with Gasteiger partial charge in [-0.15, -0.1) is 0 Å². The molecule has 1 aromatic carbocycles. The predicted molar refractivity (Wildman–Crippen MR) is 83.4 cm³/mol. The summed E-state index contributed by atoms with van der Waals surface area (Å²) < 4.78 is 0. The number of hydrogen-bond donors (Lipinski definition) is 5. The molecule has 0 saturated heterocycles. The Morgan fingerprint density at radius 1 is 1.08 bits per heavy atom. The van der Waals surface area contributed by atoms with E-state index in [1.165, 1.54) is 12.4 Å². The molecular weight excluding hydrogens is 316 g/mol. The average molecular weight is 336 g/mol. The van der Waals surface area contributed by atoms with E-state index in [0.29, 0.717) is 5.56 Å². The van der Waals surface area contributed by atoms with E-state index in [1.54, 1.807) is 30.3 Å². The Morgan fingerprint density at radius 2 is 1.71 bits per heavy atom. The quantitative estimate of drug-likeness (QED) is 0.221. The summed E-state index contributed by atoms with van der Waals surface area (Å²) in [5.74, 6) is -4.18. The maximum atomic E-state index is 12.2. The van der Waals surface area contributed by atoms with Gasteiger partial charge in [-0.2, -0.15) is 0 Å². The number of carbonyl (C=O) groups is 4. The van der Waals surface area contributed by atoms with Crippen molar-refractivity contribution in [2.24, 2.45) is 11.7 Å². The standard InChI is InChI=1S/C15H20N4O5/c1-9(13(21)17-8-12(16)20)18-14(22)11(15(23)19-24)7-10-5-3-2-4-6-10/h2-6,9,11,24H,7-8H2,1H3,(H2,16,20)(H,17,21)(H,18,22)(H,19,23)/t9-,11-/m0/s1. The molecule has 9 heteroatoms. The van der Waals surface area contributed by atoms with Crippen LogP contribution >= 0.6 is 0 Å². The first-order valence-electron chi connectivity index (χ1n) is 7.19. The normalized spacial score (nSPS) is 12.6. The Kier molecular flexibility index (Phi) is 7.37. The van der Waals surface area contributed by atoms with Crippen LogP contribution in [0, 0.1) is 5.92 Å². The van der Waals surface area contributed by atoms with Crippen LogP contribution in [0.15, 0.2) is 30.3 Å². The number of nitrogens with two attached hydrogens (primary N) is 1. The molecule has 0 bridgehead atoms. The molecule has 9 nitrogen and oxygen atoms in total. The molecule has 0 heterocycles. The fourth-order valence-corrected chi connectivity index (χ4v) is 1.94. The van der Waals surface area contributed by atoms with Crippen molar-refractivity contribution in [2.45, 2.75) is 19.4 Å². The molecule has 0 radical (unpaired) electrons. The third-order valence-corrected chi connectivity index (χ3v) is 3.21. The van der Waals surface area contributed by atoms with E-state index < -0.39 is 35.6 Å². The molecule has 6 N–H and O–H groups in total. The van der Waals surface area contributed by atoms with E-state index in [9.17, 15) is 19.2 Å². The second kappa shape index (κ2) is 9.26. The average Bonchev–Trinajstić information content (AvgIpc) is 2.57. The van der Waals surface area contributed by atoms with Crippen molar-refractivity contribution in [3.05, 3.63) is 35.9 Å². The summed E-state index contributed by atoms with van der Waals surface area (Å²) in [7, 11) is 0. The largest absolute Gasteiger partial charge is 0.368 e. The minimum atomic E-state index is -1.22. The number of hydroxylamine groups is 1. The molecule has 2 atom stereocenters. The lowest BCUT2D eigenvalue weighted by atomic mass is 9.97. The molecule has 0 aliphatic heterocycles. The van der Waals surface area contributed by atoms with Crippen LogP contribution in [0.1, 0.15) is 12.5 Å². The van der Waals surface area contributed by atoms with Gasteiger partial charge < -0.3 is 16.4 Å². The lowest BCUT2D eigenvalue weighted by Crippen LogP contribution is -2.50. The van der Waals surface area contributed by atoms with Crippen LogP contribution in [0.5, 0.6) is 0 Å². The highest BCUT2D eigenvalue weighted by atomic mass is 16.5. The van der Waals surface area contributed by atoms with Gasteiger partial charge in [-0.25, -0.2) is 5.48 Å². The van der Waals surface area contributed by atoms with Gasteiger partial charge >= 0.3 is 0 Å². The van der Waals surface area contributed by atoms with E-state index in [-0.39, 0.29) is 13.0 Å². The van der Waals surface area contributed by atoms with Crippen molar-refractivity contribution in [1.82, 2.24) is 16.1 Å². The summed E-state index contributed by atoms with van der Waals surface area (Å²) in [6, 6.07) is 7.77. The van der Waals surface area contributed by atoms with E-state index >= 15 is 0 Å². The fraction of sp³-hybridized carbons (Fsp3) is 0.333. The van der Waals surface area contributed by atoms with Crippen LogP contribution in [0.3, 0.4) is 0 Å². The van der Waals surface area contributed by atoms with Crippen molar-refractivity contribution in [3.8, 4) is 0 Å². The van der Waals surface area contributed by atoms with E-state index in [0.717, 1.165) is 0 Å². The molecule has 0 aliphatic rings. The summed E-state index contributed by atoms with van der Waals surface area (Å²) in [4.78, 5) is 46.3. The number of primary amides is 1. The van der Waals surface area contributed by atoms with Crippen LogP contribution in [0.25, 0.3) is 0 Å². The lowest BCUT2D eigenvalue weighted by Gasteiger charge is -2.18. The molecule has 0 aliphatic carbocycles. The number of benzene rings is 1. The van der Waals surface area contributed by atoms with Gasteiger partial charge in [-0.05, 0) is 18.9 Å². The monoisotopic (exact) mass is 336 g/mol. The second-order valence-corrected chi connectivity index (χ2v) is 5.13. The lowest BCUT2D eigenvalue weighted by molar-refractivity contribution is -0.142. The van der Waals surface area contributed by atoms with Crippen LogP contribution in [-0.2, 0) is 25.6 Å². The van der Waals surface area contributed by atoms with Crippen LogP contribution in [0.2, 0.25) is 0 Å². The van der Waals surface area contributed by atoms with Gasteiger partial charge in [0.2, 0.25) is 17.7 Å². The number of rotatable bonds is 8. The zero-order chi connectivity index (χ0) is 18.1. The smallest absolute Gasteiger partial charge is 0.256 e. The van der Waals surface area contributed by atoms with E-state index in [2.05, 4.69) is 10.6 Å². The minimum Gasteiger partial charge on any atom is -0.368 e. The summed E-state index contributed by atoms with van der Waals surface area (Å²) in [5.41, 5.74) is 7.07. The third kappa shape index (κ3) is 6.05. The van der Waals surface area contributed by atoms with Crippen molar-refractivity contribution in [3.63, 3.8) is 0 Å². The highest BCUT2D eigenvalue weighted by Crippen LogP contribution is 2.10. The highest BCUT2D eigenvalue weighted by molar-refractivity contribution is 6.01. The van der Waals surface area contributed by atoms with Gasteiger partial charge in [0.25, 0.3) is 5.91 Å². The van der Waals surface area contributed by atoms with Crippen molar-refractivity contribution >= 4 is 23.6 Å². The highest BCUT2D eigenvalue weighted by Gasteiger charge is 2.29. The molecule has 4 amide bonds. The molecular formula is C15H20N4O5. The number of nitrogens with one attached hydrogen (secondary N) is 3. The molecule has 1 aromatic rings. The third-order valence-electron chi connectivity index (χ3n) is 3.21. The number of hydrogen-bond acceptors (Lipinski definition) is 5. The topological polar surface area (TPSA) is 151 Å². The van der Waals surface area contributed by atoms with E-state index in [4.69, 9.17) is 10.9 Å². The number of amides is 4. The maximum Gasteiger partial charge on any atom is 0.256 e. The van der Waals surface area contributed by atoms with E-state index in [1.807, 2.05) is 0 Å². The van der Waals surface area contributed by atoms with Crippen molar-refractivity contribution < 1.29 is 24.4 Å². The van der Waals surface area contributed by atoms with Gasteiger partial charge in [-0.1, -0.05) is 30.3 Å². The van der Waals surface area contributed by atoms with Gasteiger partial charge in [-0.3, -0.25) is 24.4 Å². The van der Waals surface area contributed by atoms with Gasteiger partial charge in [0.15, 0.2) is 0 Å². The molecule has 0 spiro atoms. The Hall–Kier alpha value is -2.94. The Balaban J connectivity index is 2.72. The van der Waals surface area contributed by atoms with Crippen molar-refractivity contribution in [2.75, 3.05) is 6.54 Å². The Bertz CT molecular complexity index is 605. The maximum absolute atomic E-state index is 12.2.